The van der Waals surface area contributed by atoms with Gasteiger partial charge < -0.3 is 9.84 Å². The zero-order valence-electron chi connectivity index (χ0n) is 12.1. The lowest BCUT2D eigenvalue weighted by Crippen LogP contribution is -2.23. The highest BCUT2D eigenvalue weighted by molar-refractivity contribution is 5.40. The second-order valence-electron chi connectivity index (χ2n) is 5.79. The fraction of sp³-hybridized carbons (Fsp3) is 0.333. The van der Waals surface area contributed by atoms with E-state index in [0.29, 0.717) is 18.4 Å². The summed E-state index contributed by atoms with van der Waals surface area (Å²) in [5.41, 5.74) is 1.56. The van der Waals surface area contributed by atoms with Crippen molar-refractivity contribution in [3.63, 3.8) is 0 Å². The second kappa shape index (κ2) is 5.49. The van der Waals surface area contributed by atoms with Gasteiger partial charge in [0.15, 0.2) is 0 Å². The Labute approximate surface area is 124 Å². The lowest BCUT2D eigenvalue weighted by Gasteiger charge is -2.24. The van der Waals surface area contributed by atoms with E-state index in [1.165, 1.54) is 11.6 Å². The van der Waals surface area contributed by atoms with Crippen LogP contribution in [0.1, 0.15) is 30.0 Å². The molecule has 0 fully saturated rings. The van der Waals surface area contributed by atoms with E-state index in [9.17, 15) is 9.50 Å². The van der Waals surface area contributed by atoms with Crippen LogP contribution in [-0.4, -0.2) is 11.7 Å². The first-order valence-electron chi connectivity index (χ1n) is 7.28. The summed E-state index contributed by atoms with van der Waals surface area (Å²) in [6.45, 7) is 2.41. The van der Waals surface area contributed by atoms with Crippen LogP contribution in [0.5, 0.6) is 5.75 Å². The Balaban J connectivity index is 1.73. The molecular weight excluding hydrogens is 267 g/mol. The minimum absolute atomic E-state index is 0.356. The predicted octanol–water partition coefficient (Wildman–Crippen LogP) is 3.60. The van der Waals surface area contributed by atoms with Gasteiger partial charge in [0, 0.05) is 12.0 Å². The van der Waals surface area contributed by atoms with E-state index < -0.39 is 5.60 Å². The normalized spacial score (nSPS) is 16.1. The Morgan fingerprint density at radius 3 is 2.86 bits per heavy atom. The summed E-state index contributed by atoms with van der Waals surface area (Å²) in [6.07, 6.45) is 2.12. The Hall–Kier alpha value is -1.87. The van der Waals surface area contributed by atoms with Crippen LogP contribution in [0.25, 0.3) is 0 Å². The van der Waals surface area contributed by atoms with Gasteiger partial charge in [-0.15, -0.1) is 0 Å². The molecule has 0 aromatic heterocycles. The zero-order chi connectivity index (χ0) is 14.9. The van der Waals surface area contributed by atoms with E-state index in [-0.39, 0.29) is 5.82 Å². The molecular formula is C18H19FO2. The van der Waals surface area contributed by atoms with Crippen LogP contribution >= 0.6 is 0 Å². The molecule has 21 heavy (non-hydrogen) atoms. The molecule has 0 amide bonds. The van der Waals surface area contributed by atoms with Crippen molar-refractivity contribution in [3.8, 4) is 5.75 Å². The fourth-order valence-corrected chi connectivity index (χ4v) is 2.82. The molecule has 0 spiro atoms. The molecule has 1 atom stereocenters. The molecule has 2 aromatic carbocycles. The molecule has 0 radical (unpaired) electrons. The van der Waals surface area contributed by atoms with Crippen molar-refractivity contribution in [2.75, 3.05) is 6.61 Å². The molecule has 1 N–H and O–H groups in total. The van der Waals surface area contributed by atoms with Gasteiger partial charge in [-0.2, -0.15) is 0 Å². The number of aryl methyl sites for hydroxylation is 1. The van der Waals surface area contributed by atoms with Gasteiger partial charge in [0.1, 0.15) is 11.6 Å². The minimum atomic E-state index is -1.17. The molecule has 1 heterocycles. The summed E-state index contributed by atoms with van der Waals surface area (Å²) in [5.74, 6) is 0.601. The zero-order valence-corrected chi connectivity index (χ0v) is 12.1. The smallest absolute Gasteiger partial charge is 0.129 e. The van der Waals surface area contributed by atoms with Crippen LogP contribution in [0.4, 0.5) is 4.39 Å². The first-order chi connectivity index (χ1) is 10.1. The topological polar surface area (TPSA) is 29.5 Å². The highest BCUT2D eigenvalue weighted by Crippen LogP contribution is 2.30. The number of fused-ring (bicyclic) bond motifs is 1. The highest BCUT2D eigenvalue weighted by atomic mass is 19.1. The van der Waals surface area contributed by atoms with Crippen molar-refractivity contribution in [3.05, 3.63) is 65.0 Å². The average molecular weight is 286 g/mol. The Bertz CT molecular complexity index is 649. The Morgan fingerprint density at radius 1 is 1.24 bits per heavy atom. The van der Waals surface area contributed by atoms with Gasteiger partial charge in [-0.25, -0.2) is 4.39 Å². The maximum absolute atomic E-state index is 13.8. The number of hydrogen-bond donors (Lipinski definition) is 1. The van der Waals surface area contributed by atoms with E-state index >= 15 is 0 Å². The number of halogens is 1. The van der Waals surface area contributed by atoms with E-state index in [0.717, 1.165) is 24.3 Å². The Kier molecular flexibility index (Phi) is 3.68. The molecule has 1 unspecified atom stereocenters. The summed E-state index contributed by atoms with van der Waals surface area (Å²) in [7, 11) is 0. The van der Waals surface area contributed by atoms with Gasteiger partial charge in [-0.3, -0.25) is 0 Å². The van der Waals surface area contributed by atoms with Gasteiger partial charge in [-0.05, 0) is 43.0 Å². The molecule has 0 bridgehead atoms. The SMILES string of the molecule is CC(O)(CCc1ccc2c(c1)CCO2)c1ccccc1F. The molecule has 3 rings (SSSR count). The third-order valence-electron chi connectivity index (χ3n) is 4.11. The van der Waals surface area contributed by atoms with Crippen molar-refractivity contribution >= 4 is 0 Å². The second-order valence-corrected chi connectivity index (χ2v) is 5.79. The average Bonchev–Trinajstić information content (AvgIpc) is 2.93. The highest BCUT2D eigenvalue weighted by Gasteiger charge is 2.26. The van der Waals surface area contributed by atoms with E-state index in [1.807, 2.05) is 12.1 Å². The molecule has 2 aromatic rings. The first-order valence-corrected chi connectivity index (χ1v) is 7.28. The molecule has 0 saturated heterocycles. The fourth-order valence-electron chi connectivity index (χ4n) is 2.82. The van der Waals surface area contributed by atoms with Crippen molar-refractivity contribution in [2.24, 2.45) is 0 Å². The van der Waals surface area contributed by atoms with E-state index in [4.69, 9.17) is 4.74 Å². The number of hydrogen-bond acceptors (Lipinski definition) is 2. The van der Waals surface area contributed by atoms with Crippen molar-refractivity contribution in [1.29, 1.82) is 0 Å². The summed E-state index contributed by atoms with van der Waals surface area (Å²) in [5, 5.41) is 10.6. The standard InChI is InChI=1S/C18H19FO2/c1-18(20,15-4-2-3-5-16(15)19)10-8-13-6-7-17-14(12-13)9-11-21-17/h2-7,12,20H,8-11H2,1H3. The van der Waals surface area contributed by atoms with Crippen molar-refractivity contribution < 1.29 is 14.2 Å². The van der Waals surface area contributed by atoms with E-state index in [1.54, 1.807) is 25.1 Å². The Morgan fingerprint density at radius 2 is 2.05 bits per heavy atom. The summed E-state index contributed by atoms with van der Waals surface area (Å²) in [6, 6.07) is 12.5. The summed E-state index contributed by atoms with van der Waals surface area (Å²) < 4.78 is 19.3. The van der Waals surface area contributed by atoms with Crippen LogP contribution < -0.4 is 4.74 Å². The number of benzene rings is 2. The van der Waals surface area contributed by atoms with Gasteiger partial charge >= 0.3 is 0 Å². The molecule has 1 aliphatic heterocycles. The van der Waals surface area contributed by atoms with Gasteiger partial charge in [-0.1, -0.05) is 30.3 Å². The number of aliphatic hydroxyl groups is 1. The quantitative estimate of drug-likeness (QED) is 0.930. The summed E-state index contributed by atoms with van der Waals surface area (Å²) >= 11 is 0. The first kappa shape index (κ1) is 14.1. The van der Waals surface area contributed by atoms with Gasteiger partial charge in [0.05, 0.1) is 12.2 Å². The molecule has 0 aliphatic carbocycles. The van der Waals surface area contributed by atoms with Crippen LogP contribution in [0.2, 0.25) is 0 Å². The van der Waals surface area contributed by atoms with Gasteiger partial charge in [0.2, 0.25) is 0 Å². The van der Waals surface area contributed by atoms with Crippen molar-refractivity contribution in [1.82, 2.24) is 0 Å². The van der Waals surface area contributed by atoms with Crippen molar-refractivity contribution in [2.45, 2.75) is 31.8 Å². The van der Waals surface area contributed by atoms with Crippen LogP contribution in [0, 0.1) is 5.82 Å². The predicted molar refractivity (Wildman–Crippen MR) is 79.9 cm³/mol. The van der Waals surface area contributed by atoms with Crippen LogP contribution in [0.3, 0.4) is 0 Å². The van der Waals surface area contributed by atoms with Crippen LogP contribution in [0.15, 0.2) is 42.5 Å². The molecule has 2 nitrogen and oxygen atoms in total. The largest absolute Gasteiger partial charge is 0.493 e. The molecule has 0 saturated carbocycles. The molecule has 3 heteroatoms. The van der Waals surface area contributed by atoms with E-state index in [2.05, 4.69) is 6.07 Å². The monoisotopic (exact) mass is 286 g/mol. The third kappa shape index (κ3) is 2.93. The maximum Gasteiger partial charge on any atom is 0.129 e. The molecule has 110 valence electrons. The lowest BCUT2D eigenvalue weighted by molar-refractivity contribution is 0.0443. The minimum Gasteiger partial charge on any atom is -0.493 e. The third-order valence-corrected chi connectivity index (χ3v) is 4.11. The summed E-state index contributed by atoms with van der Waals surface area (Å²) in [4.78, 5) is 0. The molecule has 1 aliphatic rings. The van der Waals surface area contributed by atoms with Crippen LogP contribution in [-0.2, 0) is 18.4 Å². The maximum atomic E-state index is 13.8. The number of rotatable bonds is 4. The lowest BCUT2D eigenvalue weighted by atomic mass is 9.89. The number of ether oxygens (including phenoxy) is 1. The van der Waals surface area contributed by atoms with Gasteiger partial charge in [0.25, 0.3) is 0 Å².